The van der Waals surface area contributed by atoms with Gasteiger partial charge in [0.1, 0.15) is 12.2 Å². The van der Waals surface area contributed by atoms with Crippen LogP contribution in [0.3, 0.4) is 0 Å². The molecule has 1 aromatic rings. The van der Waals surface area contributed by atoms with Crippen molar-refractivity contribution in [2.45, 2.75) is 170 Å². The molecule has 0 aromatic carbocycles. The molecule has 2 fully saturated rings. The van der Waals surface area contributed by atoms with Gasteiger partial charge in [-0.05, 0) is 31.4 Å². The van der Waals surface area contributed by atoms with Gasteiger partial charge < -0.3 is 81.1 Å². The fourth-order valence-corrected chi connectivity index (χ4v) is 8.20. The van der Waals surface area contributed by atoms with E-state index in [-0.39, 0.29) is 57.7 Å². The van der Waals surface area contributed by atoms with Crippen LogP contribution in [0, 0.1) is 11.8 Å². The Morgan fingerprint density at radius 1 is 0.771 bits per heavy atom. The molecule has 3 aliphatic heterocycles. The Hall–Kier alpha value is -4.37. The molecule has 4 heterocycles. The Labute approximate surface area is 407 Å². The molecule has 17 atom stereocenters. The number of aromatic nitrogens is 4. The molecular weight excluding hydrogens is 917 g/mol. The Morgan fingerprint density at radius 3 is 2.06 bits per heavy atom. The molecule has 13 N–H and O–H groups in total. The third-order valence-electron chi connectivity index (χ3n) is 12.1. The zero-order chi connectivity index (χ0) is 51.2. The first kappa shape index (κ1) is 58.2. The fraction of sp³-hybridized carbons (Fsp3) is 0.646. The van der Waals surface area contributed by atoms with Crippen LogP contribution in [0.25, 0.3) is 0 Å². The van der Waals surface area contributed by atoms with E-state index in [9.17, 15) is 60.7 Å². The minimum atomic E-state index is -2.29. The summed E-state index contributed by atoms with van der Waals surface area (Å²) < 4.78 is 23.3. The van der Waals surface area contributed by atoms with Crippen LogP contribution >= 0.6 is 0 Å². The number of nitrogens with two attached hydrogens (primary N) is 1. The van der Waals surface area contributed by atoms with Crippen LogP contribution in [0.2, 0.25) is 0 Å². The molecular formula is C48H74N6O16. The van der Waals surface area contributed by atoms with Gasteiger partial charge in [0.25, 0.3) is 0 Å². The van der Waals surface area contributed by atoms with Crippen molar-refractivity contribution >= 4 is 11.9 Å². The first-order chi connectivity index (χ1) is 33.3. The van der Waals surface area contributed by atoms with Gasteiger partial charge in [-0.3, -0.25) is 9.59 Å². The summed E-state index contributed by atoms with van der Waals surface area (Å²) in [6.07, 6.45) is 6.61. The summed E-state index contributed by atoms with van der Waals surface area (Å²) in [7, 11) is 0. The second-order valence-corrected chi connectivity index (χ2v) is 18.2. The summed E-state index contributed by atoms with van der Waals surface area (Å²) in [5.41, 5.74) is 6.01. The van der Waals surface area contributed by atoms with E-state index < -0.39 is 135 Å². The first-order valence-electron chi connectivity index (χ1n) is 23.8. The van der Waals surface area contributed by atoms with Gasteiger partial charge in [0.2, 0.25) is 5.91 Å². The molecule has 3 aliphatic rings. The summed E-state index contributed by atoms with van der Waals surface area (Å²) in [4.78, 5) is 27.6. The molecule has 2 saturated heterocycles. The average Bonchev–Trinajstić information content (AvgIpc) is 3.81. The third-order valence-corrected chi connectivity index (χ3v) is 12.1. The zero-order valence-electron chi connectivity index (χ0n) is 39.7. The first-order valence-corrected chi connectivity index (χ1v) is 23.8. The van der Waals surface area contributed by atoms with Crippen LogP contribution in [0.1, 0.15) is 71.6 Å². The monoisotopic (exact) mass is 991 g/mol. The number of nitrogens with one attached hydrogen (secondary N) is 1. The van der Waals surface area contributed by atoms with Crippen LogP contribution in [-0.4, -0.2) is 188 Å². The molecule has 392 valence electrons. The number of carbonyl (C=O) groups excluding carboxylic acids is 2. The lowest BCUT2D eigenvalue weighted by atomic mass is 9.82. The van der Waals surface area contributed by atoms with Gasteiger partial charge in [0.15, 0.2) is 18.4 Å². The number of hydrogen-bond acceptors (Lipinski definition) is 20. The van der Waals surface area contributed by atoms with E-state index in [1.54, 1.807) is 61.6 Å². The molecule has 22 heteroatoms. The van der Waals surface area contributed by atoms with Crippen LogP contribution < -0.4 is 11.1 Å². The highest BCUT2D eigenvalue weighted by molar-refractivity contribution is 5.80. The van der Waals surface area contributed by atoms with E-state index in [0.717, 1.165) is 0 Å². The summed E-state index contributed by atoms with van der Waals surface area (Å²) >= 11 is 0. The van der Waals surface area contributed by atoms with E-state index in [1.807, 2.05) is 37.3 Å². The number of esters is 1. The van der Waals surface area contributed by atoms with E-state index in [1.165, 1.54) is 11.1 Å². The van der Waals surface area contributed by atoms with Gasteiger partial charge >= 0.3 is 5.97 Å². The number of hydrogen-bond donors (Lipinski definition) is 12. The number of aliphatic hydroxyl groups is 10. The van der Waals surface area contributed by atoms with Gasteiger partial charge in [0, 0.05) is 44.6 Å². The molecule has 5 unspecified atom stereocenters. The maximum Gasteiger partial charge on any atom is 0.308 e. The number of cyclic esters (lactones) is 1. The fourth-order valence-electron chi connectivity index (χ4n) is 8.20. The highest BCUT2D eigenvalue weighted by Gasteiger charge is 2.50. The second kappa shape index (κ2) is 29.8. The number of nitrogens with zero attached hydrogens (tertiary/aromatic N) is 4. The molecule has 22 nitrogen and oxygen atoms in total. The quantitative estimate of drug-likeness (QED) is 0.149. The van der Waals surface area contributed by atoms with Crippen LogP contribution in [0.4, 0.5) is 0 Å². The Bertz CT molecular complexity index is 1920. The molecule has 0 spiro atoms. The zero-order valence-corrected chi connectivity index (χ0v) is 39.7. The van der Waals surface area contributed by atoms with E-state index >= 15 is 0 Å². The second-order valence-electron chi connectivity index (χ2n) is 18.2. The number of ether oxygens (including phenoxy) is 4. The topological polar surface area (TPSA) is 355 Å². The van der Waals surface area contributed by atoms with E-state index in [0.29, 0.717) is 0 Å². The highest BCUT2D eigenvalue weighted by Crippen LogP contribution is 2.38. The minimum Gasteiger partial charge on any atom is -0.462 e. The van der Waals surface area contributed by atoms with Gasteiger partial charge in [-0.1, -0.05) is 92.0 Å². The highest BCUT2D eigenvalue weighted by atomic mass is 16.7. The van der Waals surface area contributed by atoms with Gasteiger partial charge in [0.05, 0.1) is 92.6 Å². The number of rotatable bonds is 6. The normalized spacial score (nSPS) is 40.9. The molecule has 1 amide bonds. The smallest absolute Gasteiger partial charge is 0.308 e. The SMILES string of the molecule is C[C@H]1C[C@H](O)[C@@H](C)/C=C/C=C/C=C/C=C/C=C/C=C/C=C/C(O[C@@H]2OC[C@@H](O)[C@H](N)[C@@H]2O)C[C@@H]2OC(O)(C[C@@H](O)C[C@@H](O)[C@H](O)CCC(O)CC(O)CC(=O)O1)C[C@H](O)C2C(=O)NCCn1ncnn1. The van der Waals surface area contributed by atoms with Crippen molar-refractivity contribution in [3.05, 3.63) is 91.4 Å². The van der Waals surface area contributed by atoms with Crippen molar-refractivity contribution in [2.75, 3.05) is 13.2 Å². The Kier molecular flexibility index (Phi) is 24.8. The number of tetrazole rings is 1. The number of aliphatic hydroxyl groups excluding tert-OH is 9. The Balaban J connectivity index is 1.57. The lowest BCUT2D eigenvalue weighted by Gasteiger charge is -2.45. The van der Waals surface area contributed by atoms with E-state index in [4.69, 9.17) is 24.7 Å². The molecule has 70 heavy (non-hydrogen) atoms. The van der Waals surface area contributed by atoms with Gasteiger partial charge in [-0.25, -0.2) is 0 Å². The number of amides is 1. The summed E-state index contributed by atoms with van der Waals surface area (Å²) in [5.74, 6) is -5.28. The van der Waals surface area contributed by atoms with Crippen molar-refractivity contribution in [2.24, 2.45) is 17.6 Å². The number of carbonyl (C=O) groups is 2. The van der Waals surface area contributed by atoms with E-state index in [2.05, 4.69) is 20.7 Å². The van der Waals surface area contributed by atoms with Crippen molar-refractivity contribution in [3.63, 3.8) is 0 Å². The van der Waals surface area contributed by atoms with Crippen molar-refractivity contribution < 1.29 is 79.6 Å². The van der Waals surface area contributed by atoms with Gasteiger partial charge in [-0.2, -0.15) is 4.80 Å². The van der Waals surface area contributed by atoms with Crippen molar-refractivity contribution in [3.8, 4) is 0 Å². The molecule has 4 rings (SSSR count). The predicted molar refractivity (Wildman–Crippen MR) is 251 cm³/mol. The van der Waals surface area contributed by atoms with Gasteiger partial charge in [-0.15, -0.1) is 10.2 Å². The third kappa shape index (κ3) is 20.4. The molecule has 0 saturated carbocycles. The maximum atomic E-state index is 13.8. The lowest BCUT2D eigenvalue weighted by molar-refractivity contribution is -0.304. The standard InChI is InChI=1S/C48H74N6O16/c1-30-15-13-11-9-7-5-3-4-6-8-10-12-14-16-35(69-47-45(64)44(49)40(62)28-67-47)25-41-43(46(65)50-19-20-54-52-29-51-53-54)39(61)27-48(66,70-41)26-34(57)23-38(60)36(58)18-17-32(55)22-33(56)24-42(63)68-31(2)21-37(30)59/h3-16,29-41,43-45,47,55-62,64,66H,17-28,49H2,1-2H3,(H,50,65)/b4-3+,7-5+,8-6+,11-9+,12-10+,15-13+,16-14+/t30-,31-,32?,33?,34-,35?,36+,37-,38+,39-,40+,41-,43?,44-,45-,47-,48?/m0/s1. The number of fused-ring (bicyclic) bond motifs is 2. The van der Waals surface area contributed by atoms with Crippen LogP contribution in [0.5, 0.6) is 0 Å². The maximum absolute atomic E-state index is 13.8. The summed E-state index contributed by atoms with van der Waals surface area (Å²) in [5, 5.41) is 123. The van der Waals surface area contributed by atoms with Crippen LogP contribution in [0.15, 0.2) is 91.4 Å². The van der Waals surface area contributed by atoms with Crippen LogP contribution in [-0.2, 0) is 35.1 Å². The molecule has 0 aliphatic carbocycles. The average molecular weight is 991 g/mol. The number of allylic oxidation sites excluding steroid dienone is 12. The molecule has 1 aromatic heterocycles. The van der Waals surface area contributed by atoms with Crippen molar-refractivity contribution in [1.82, 2.24) is 25.5 Å². The molecule has 0 radical (unpaired) electrons. The molecule has 2 bridgehead atoms. The minimum absolute atomic E-state index is 0.0202. The van der Waals surface area contributed by atoms with Crippen molar-refractivity contribution in [1.29, 1.82) is 0 Å². The lowest BCUT2D eigenvalue weighted by Crippen LogP contribution is -2.59. The predicted octanol–water partition coefficient (Wildman–Crippen LogP) is -1.20. The largest absolute Gasteiger partial charge is 0.462 e. The Morgan fingerprint density at radius 2 is 1.41 bits per heavy atom. The summed E-state index contributed by atoms with van der Waals surface area (Å²) in [6, 6.07) is -1.12. The summed E-state index contributed by atoms with van der Waals surface area (Å²) in [6.45, 7) is 3.35.